The van der Waals surface area contributed by atoms with E-state index in [1.807, 2.05) is 12.1 Å². The minimum absolute atomic E-state index is 0. The smallest absolute Gasteiger partial charge is 0.547 e. The van der Waals surface area contributed by atoms with Gasteiger partial charge in [-0.3, -0.25) is 9.59 Å². The van der Waals surface area contributed by atoms with Crippen molar-refractivity contribution in [2.24, 2.45) is 5.92 Å². The number of benzene rings is 1. The summed E-state index contributed by atoms with van der Waals surface area (Å²) >= 11 is 0. The number of carboxylic acids is 2. The van der Waals surface area contributed by atoms with Crippen molar-refractivity contribution in [1.82, 2.24) is 4.90 Å². The number of piperidine rings is 1. The molecule has 1 aromatic rings. The average Bonchev–Trinajstić information content (AvgIpc) is 3.18. The molecule has 0 saturated carbocycles. The van der Waals surface area contributed by atoms with Crippen LogP contribution in [0.25, 0.3) is 0 Å². The van der Waals surface area contributed by atoms with Crippen molar-refractivity contribution in [3.05, 3.63) is 35.4 Å². The van der Waals surface area contributed by atoms with Crippen molar-refractivity contribution >= 4 is 23.9 Å². The first-order valence-corrected chi connectivity index (χ1v) is 11.7. The van der Waals surface area contributed by atoms with Crippen LogP contribution in [0.1, 0.15) is 31.4 Å². The number of aliphatic carboxylic acids is 2. The molecule has 5 rings (SSSR count). The van der Waals surface area contributed by atoms with Crippen LogP contribution in [-0.4, -0.2) is 83.0 Å². The zero-order chi connectivity index (χ0) is 27.2. The zero-order valence-corrected chi connectivity index (χ0v) is 28.7. The Labute approximate surface area is 309 Å². The second kappa shape index (κ2) is 13.8. The van der Waals surface area contributed by atoms with Crippen molar-refractivity contribution in [1.29, 1.82) is 0 Å². The van der Waals surface area contributed by atoms with Gasteiger partial charge in [-0.1, -0.05) is 12.1 Å². The monoisotopic (exact) mass is 595 g/mol. The van der Waals surface area contributed by atoms with E-state index in [9.17, 15) is 29.4 Å². The van der Waals surface area contributed by atoms with Crippen LogP contribution in [-0.2, 0) is 35.8 Å². The number of hydrogen-bond acceptors (Lipinski definition) is 12. The molecule has 1 aromatic carbocycles. The number of carboxylic acid groups (broad SMARTS) is 2. The molecule has 2 aliphatic carbocycles. The number of hydrogen-bond donors (Lipinski definition) is 2. The standard InChI is InChI=1S/C21H23NO5.C4H6O6.2K/c1-11(23)25-16-6-4-13-10-15-14-5-7-17(26-12(2)24)20-21(14,8-9-22(15)3)18(13)19(16)27-20;5-1(3(7)8)2(6)4(9)10;;/h4-7,14-15,17,20H,8-10H2,1-3H3;1-2,5-6H,(H,7,8)(H,9,10);;/q;;2*+1/p-2/t14-,15+,17-,20-,21-;;;/m0.../s1. The molecule has 12 nitrogen and oxygen atoms in total. The quantitative estimate of drug-likeness (QED) is 0.142. The second-order valence-electron chi connectivity index (χ2n) is 9.61. The number of rotatable bonds is 5. The molecule has 2 N–H and O–H groups in total. The van der Waals surface area contributed by atoms with Gasteiger partial charge in [0.2, 0.25) is 0 Å². The first-order valence-electron chi connectivity index (χ1n) is 11.7. The first-order chi connectivity index (χ1) is 17.4. The van der Waals surface area contributed by atoms with E-state index in [2.05, 4.69) is 24.1 Å². The van der Waals surface area contributed by atoms with Gasteiger partial charge in [-0.15, -0.1) is 0 Å². The summed E-state index contributed by atoms with van der Waals surface area (Å²) in [5.41, 5.74) is 2.15. The summed E-state index contributed by atoms with van der Waals surface area (Å²) in [4.78, 5) is 45.0. The van der Waals surface area contributed by atoms with Gasteiger partial charge in [0.25, 0.3) is 0 Å². The molecule has 2 aliphatic heterocycles. The Hall–Kier alpha value is -0.207. The van der Waals surface area contributed by atoms with Crippen LogP contribution in [0, 0.1) is 5.92 Å². The van der Waals surface area contributed by atoms with Gasteiger partial charge in [0.1, 0.15) is 18.3 Å². The van der Waals surface area contributed by atoms with Gasteiger partial charge in [-0.05, 0) is 44.1 Å². The van der Waals surface area contributed by atoms with E-state index in [0.717, 1.165) is 24.9 Å². The molecule has 14 heteroatoms. The molecular weight excluding hydrogens is 568 g/mol. The Bertz CT molecular complexity index is 1160. The van der Waals surface area contributed by atoms with Gasteiger partial charge in [0.05, 0.1) is 11.9 Å². The van der Waals surface area contributed by atoms with Crippen LogP contribution in [0.2, 0.25) is 0 Å². The van der Waals surface area contributed by atoms with Crippen LogP contribution in [0.4, 0.5) is 0 Å². The van der Waals surface area contributed by atoms with E-state index >= 15 is 0 Å². The second-order valence-corrected chi connectivity index (χ2v) is 9.61. The van der Waals surface area contributed by atoms with Gasteiger partial charge in [0.15, 0.2) is 17.6 Å². The summed E-state index contributed by atoms with van der Waals surface area (Å²) in [6, 6.07) is 4.28. The number of carbonyl (C=O) groups is 4. The van der Waals surface area contributed by atoms with Gasteiger partial charge >= 0.3 is 115 Å². The molecule has 0 aromatic heterocycles. The zero-order valence-electron chi connectivity index (χ0n) is 22.4. The molecule has 2 heterocycles. The summed E-state index contributed by atoms with van der Waals surface area (Å²) < 4.78 is 17.5. The summed E-state index contributed by atoms with van der Waals surface area (Å²) in [5.74, 6) is -3.41. The van der Waals surface area contributed by atoms with E-state index in [1.54, 1.807) is 0 Å². The number of aliphatic hydroxyl groups excluding tert-OH is 2. The van der Waals surface area contributed by atoms with E-state index in [1.165, 1.54) is 19.4 Å². The van der Waals surface area contributed by atoms with Crippen LogP contribution in [0.15, 0.2) is 24.3 Å². The van der Waals surface area contributed by atoms with Gasteiger partial charge in [0, 0.05) is 36.8 Å². The van der Waals surface area contributed by atoms with Crippen molar-refractivity contribution in [2.45, 2.75) is 62.6 Å². The first kappa shape index (κ1) is 35.0. The molecular formula is C25H27K2NO11. The molecule has 2 unspecified atom stereocenters. The third-order valence-corrected chi connectivity index (χ3v) is 7.45. The third-order valence-electron chi connectivity index (χ3n) is 7.45. The predicted molar refractivity (Wildman–Crippen MR) is 119 cm³/mol. The van der Waals surface area contributed by atoms with Crippen molar-refractivity contribution < 1.29 is 157 Å². The van der Waals surface area contributed by atoms with Gasteiger partial charge in [-0.25, -0.2) is 0 Å². The fourth-order valence-electron chi connectivity index (χ4n) is 6.00. The van der Waals surface area contributed by atoms with E-state index in [4.69, 9.17) is 24.4 Å². The minimum Gasteiger partial charge on any atom is -0.547 e. The van der Waals surface area contributed by atoms with Crippen molar-refractivity contribution in [2.75, 3.05) is 13.6 Å². The van der Waals surface area contributed by atoms with Crippen molar-refractivity contribution in [3.8, 4) is 11.5 Å². The van der Waals surface area contributed by atoms with Crippen LogP contribution < -0.4 is 122 Å². The van der Waals surface area contributed by atoms with E-state index in [-0.39, 0.29) is 132 Å². The van der Waals surface area contributed by atoms with Crippen LogP contribution in [0.5, 0.6) is 11.5 Å². The average molecular weight is 596 g/mol. The van der Waals surface area contributed by atoms with Crippen LogP contribution in [0.3, 0.4) is 0 Å². The molecule has 0 radical (unpaired) electrons. The Morgan fingerprint density at radius 3 is 2.21 bits per heavy atom. The number of ether oxygens (including phenoxy) is 3. The molecule has 0 amide bonds. The number of likely N-dealkylation sites (N-methyl/N-ethyl adjacent to an activating group) is 1. The van der Waals surface area contributed by atoms with Gasteiger partial charge in [-0.2, -0.15) is 0 Å². The number of likely N-dealkylation sites (tertiary alicyclic amines) is 1. The van der Waals surface area contributed by atoms with E-state index < -0.39 is 30.3 Å². The molecule has 1 fully saturated rings. The normalized spacial score (nSPS) is 28.4. The van der Waals surface area contributed by atoms with E-state index in [0.29, 0.717) is 17.5 Å². The number of nitrogens with zero attached hydrogens (tertiary/aromatic N) is 1. The Balaban J connectivity index is 0.000000386. The summed E-state index contributed by atoms with van der Waals surface area (Å²) in [7, 11) is 2.17. The number of carbonyl (C=O) groups excluding carboxylic acids is 4. The number of aliphatic hydroxyl groups is 2. The summed E-state index contributed by atoms with van der Waals surface area (Å²) in [5, 5.41) is 35.7. The molecule has 39 heavy (non-hydrogen) atoms. The molecule has 200 valence electrons. The maximum atomic E-state index is 11.7. The maximum Gasteiger partial charge on any atom is 1.00 e. The molecule has 4 aliphatic rings. The molecule has 2 bridgehead atoms. The maximum absolute atomic E-state index is 11.7. The molecule has 7 atom stereocenters. The SMILES string of the molecule is CC(=O)Oc1ccc2c3c1O[C@H]1[C@@H](OC(C)=O)C=C[C@H]4[C@@H](C2)N(C)CC[C@@]341.O=C([O-])C(O)C(O)C(=O)[O-].[K+].[K+]. The molecule has 1 saturated heterocycles. The minimum atomic E-state index is -2.44. The Morgan fingerprint density at radius 1 is 1.05 bits per heavy atom. The topological polar surface area (TPSA) is 186 Å². The third kappa shape index (κ3) is 6.58. The largest absolute Gasteiger partial charge is 1.00 e. The van der Waals surface area contributed by atoms with Gasteiger partial charge < -0.3 is 49.1 Å². The fourth-order valence-corrected chi connectivity index (χ4v) is 6.00. The summed E-state index contributed by atoms with van der Waals surface area (Å²) in [6.07, 6.45) is 0.429. The molecule has 1 spiro atoms. The predicted octanol–water partition coefficient (Wildman–Crippen LogP) is -8.80. The fraction of sp³-hybridized carbons (Fsp3) is 0.520. The Morgan fingerprint density at radius 2 is 1.67 bits per heavy atom. The summed E-state index contributed by atoms with van der Waals surface area (Å²) in [6.45, 7) is 3.77. The van der Waals surface area contributed by atoms with Crippen LogP contribution >= 0.6 is 0 Å². The Kier molecular flexibility index (Phi) is 12.4. The number of esters is 2. The van der Waals surface area contributed by atoms with Crippen molar-refractivity contribution in [3.63, 3.8) is 0 Å².